The average molecular weight is 202 g/mol. The van der Waals surface area contributed by atoms with Crippen molar-refractivity contribution in [1.29, 1.82) is 0 Å². The van der Waals surface area contributed by atoms with Gasteiger partial charge in [-0.3, -0.25) is 0 Å². The molecule has 0 aliphatic carbocycles. The van der Waals surface area contributed by atoms with Crippen molar-refractivity contribution in [3.63, 3.8) is 0 Å². The van der Waals surface area contributed by atoms with Crippen LogP contribution in [0.4, 0.5) is 0 Å². The Morgan fingerprint density at radius 1 is 1.50 bits per heavy atom. The summed E-state index contributed by atoms with van der Waals surface area (Å²) >= 11 is 0. The molecular formula is C10H22N2O2. The second kappa shape index (κ2) is 6.35. The van der Waals surface area contributed by atoms with E-state index in [1.54, 1.807) is 7.11 Å². The maximum atomic E-state index is 5.89. The summed E-state index contributed by atoms with van der Waals surface area (Å²) in [7, 11) is 3.82. The van der Waals surface area contributed by atoms with E-state index in [-0.39, 0.29) is 6.04 Å². The SMILES string of the molecule is COCC(N)CN(C)C1CCOCC1. The molecule has 0 amide bonds. The molecule has 1 atom stereocenters. The van der Waals surface area contributed by atoms with Gasteiger partial charge in [-0.2, -0.15) is 0 Å². The van der Waals surface area contributed by atoms with Crippen LogP contribution in [0, 0.1) is 0 Å². The summed E-state index contributed by atoms with van der Waals surface area (Å²) in [5, 5.41) is 0. The van der Waals surface area contributed by atoms with Gasteiger partial charge in [0.15, 0.2) is 0 Å². The Morgan fingerprint density at radius 3 is 2.71 bits per heavy atom. The Labute approximate surface area is 86.3 Å². The monoisotopic (exact) mass is 202 g/mol. The molecule has 1 aliphatic rings. The zero-order valence-electron chi connectivity index (χ0n) is 9.24. The van der Waals surface area contributed by atoms with E-state index in [9.17, 15) is 0 Å². The molecule has 14 heavy (non-hydrogen) atoms. The van der Waals surface area contributed by atoms with Gasteiger partial charge < -0.3 is 20.1 Å². The van der Waals surface area contributed by atoms with Gasteiger partial charge in [-0.1, -0.05) is 0 Å². The van der Waals surface area contributed by atoms with Crippen LogP contribution in [-0.2, 0) is 9.47 Å². The number of nitrogens with zero attached hydrogens (tertiary/aromatic N) is 1. The Balaban J connectivity index is 2.21. The van der Waals surface area contributed by atoms with E-state index in [0.29, 0.717) is 12.6 Å². The second-order valence-electron chi connectivity index (χ2n) is 4.00. The molecule has 4 nitrogen and oxygen atoms in total. The molecule has 1 saturated heterocycles. The van der Waals surface area contributed by atoms with E-state index in [2.05, 4.69) is 11.9 Å². The molecule has 0 bridgehead atoms. The van der Waals surface area contributed by atoms with Crippen LogP contribution >= 0.6 is 0 Å². The smallest absolute Gasteiger partial charge is 0.0626 e. The summed E-state index contributed by atoms with van der Waals surface area (Å²) in [6, 6.07) is 0.750. The fourth-order valence-electron chi connectivity index (χ4n) is 1.91. The van der Waals surface area contributed by atoms with Crippen molar-refractivity contribution in [2.24, 2.45) is 5.73 Å². The maximum absolute atomic E-state index is 5.89. The lowest BCUT2D eigenvalue weighted by Crippen LogP contribution is -2.45. The predicted octanol–water partition coefficient (Wildman–Crippen LogP) is 0.0709. The van der Waals surface area contributed by atoms with E-state index in [4.69, 9.17) is 15.2 Å². The molecule has 0 aromatic carbocycles. The molecule has 4 heteroatoms. The van der Waals surface area contributed by atoms with Gasteiger partial charge in [0.2, 0.25) is 0 Å². The topological polar surface area (TPSA) is 47.7 Å². The van der Waals surface area contributed by atoms with Crippen LogP contribution in [0.1, 0.15) is 12.8 Å². The minimum absolute atomic E-state index is 0.118. The van der Waals surface area contributed by atoms with E-state index in [1.807, 2.05) is 0 Å². The van der Waals surface area contributed by atoms with Crippen molar-refractivity contribution in [3.05, 3.63) is 0 Å². The van der Waals surface area contributed by atoms with E-state index in [1.165, 1.54) is 0 Å². The quantitative estimate of drug-likeness (QED) is 0.685. The summed E-state index contributed by atoms with van der Waals surface area (Å²) in [6.45, 7) is 3.30. The van der Waals surface area contributed by atoms with Crippen molar-refractivity contribution < 1.29 is 9.47 Å². The Bertz CT molecular complexity index is 149. The first kappa shape index (κ1) is 11.9. The summed E-state index contributed by atoms with van der Waals surface area (Å²) in [5.74, 6) is 0. The zero-order valence-corrected chi connectivity index (χ0v) is 9.24. The lowest BCUT2D eigenvalue weighted by atomic mass is 10.1. The van der Waals surface area contributed by atoms with Crippen molar-refractivity contribution in [2.75, 3.05) is 40.5 Å². The lowest BCUT2D eigenvalue weighted by molar-refractivity contribution is 0.0380. The molecule has 0 saturated carbocycles. The van der Waals surface area contributed by atoms with Gasteiger partial charge in [0, 0.05) is 39.0 Å². The highest BCUT2D eigenvalue weighted by molar-refractivity contribution is 4.75. The highest BCUT2D eigenvalue weighted by atomic mass is 16.5. The first-order chi connectivity index (χ1) is 6.74. The van der Waals surface area contributed by atoms with Crippen LogP contribution in [0.2, 0.25) is 0 Å². The number of likely N-dealkylation sites (N-methyl/N-ethyl adjacent to an activating group) is 1. The fourth-order valence-corrected chi connectivity index (χ4v) is 1.91. The zero-order chi connectivity index (χ0) is 10.4. The van der Waals surface area contributed by atoms with Crippen molar-refractivity contribution in [1.82, 2.24) is 4.90 Å². The van der Waals surface area contributed by atoms with Crippen molar-refractivity contribution >= 4 is 0 Å². The molecule has 84 valence electrons. The average Bonchev–Trinajstić information content (AvgIpc) is 2.19. The third kappa shape index (κ3) is 3.92. The second-order valence-corrected chi connectivity index (χ2v) is 4.00. The molecule has 1 fully saturated rings. The van der Waals surface area contributed by atoms with Crippen molar-refractivity contribution in [2.45, 2.75) is 24.9 Å². The molecule has 0 aromatic heterocycles. The molecule has 0 aromatic rings. The Morgan fingerprint density at radius 2 is 2.14 bits per heavy atom. The van der Waals surface area contributed by atoms with Gasteiger partial charge in [-0.15, -0.1) is 0 Å². The van der Waals surface area contributed by atoms with Gasteiger partial charge in [-0.25, -0.2) is 0 Å². The van der Waals surface area contributed by atoms with Crippen LogP contribution in [0.5, 0.6) is 0 Å². The fraction of sp³-hybridized carbons (Fsp3) is 1.00. The van der Waals surface area contributed by atoms with Crippen LogP contribution in [0.15, 0.2) is 0 Å². The highest BCUT2D eigenvalue weighted by Gasteiger charge is 2.19. The first-order valence-corrected chi connectivity index (χ1v) is 5.26. The minimum atomic E-state index is 0.118. The van der Waals surface area contributed by atoms with Gasteiger partial charge in [0.05, 0.1) is 6.61 Å². The number of nitrogens with two attached hydrogens (primary N) is 1. The summed E-state index contributed by atoms with van der Waals surface area (Å²) in [4.78, 5) is 2.33. The van der Waals surface area contributed by atoms with E-state index in [0.717, 1.165) is 32.6 Å². The Kier molecular flexibility index (Phi) is 5.40. The lowest BCUT2D eigenvalue weighted by Gasteiger charge is -2.32. The largest absolute Gasteiger partial charge is 0.383 e. The number of ether oxygens (including phenoxy) is 2. The van der Waals surface area contributed by atoms with Gasteiger partial charge >= 0.3 is 0 Å². The van der Waals surface area contributed by atoms with Gasteiger partial charge in [0.25, 0.3) is 0 Å². The molecule has 2 N–H and O–H groups in total. The first-order valence-electron chi connectivity index (χ1n) is 5.26. The molecule has 1 rings (SSSR count). The predicted molar refractivity (Wildman–Crippen MR) is 56.3 cm³/mol. The third-order valence-electron chi connectivity index (χ3n) is 2.72. The summed E-state index contributed by atoms with van der Waals surface area (Å²) in [5.41, 5.74) is 5.89. The number of hydrogen-bond donors (Lipinski definition) is 1. The van der Waals surface area contributed by atoms with Crippen LogP contribution in [0.3, 0.4) is 0 Å². The third-order valence-corrected chi connectivity index (χ3v) is 2.72. The molecule has 0 radical (unpaired) electrons. The number of methoxy groups -OCH3 is 1. The molecule has 1 heterocycles. The highest BCUT2D eigenvalue weighted by Crippen LogP contribution is 2.12. The minimum Gasteiger partial charge on any atom is -0.383 e. The molecule has 0 spiro atoms. The summed E-state index contributed by atoms with van der Waals surface area (Å²) in [6.07, 6.45) is 2.24. The maximum Gasteiger partial charge on any atom is 0.0626 e. The van der Waals surface area contributed by atoms with Gasteiger partial charge in [-0.05, 0) is 19.9 Å². The molecule has 1 unspecified atom stereocenters. The van der Waals surface area contributed by atoms with E-state index >= 15 is 0 Å². The van der Waals surface area contributed by atoms with Crippen molar-refractivity contribution in [3.8, 4) is 0 Å². The number of rotatable bonds is 5. The normalized spacial score (nSPS) is 21.4. The molecular weight excluding hydrogens is 180 g/mol. The van der Waals surface area contributed by atoms with Crippen LogP contribution in [-0.4, -0.2) is 57.5 Å². The van der Waals surface area contributed by atoms with Crippen LogP contribution in [0.25, 0.3) is 0 Å². The molecule has 1 aliphatic heterocycles. The Hall–Kier alpha value is -0.160. The number of hydrogen-bond acceptors (Lipinski definition) is 4. The van der Waals surface area contributed by atoms with E-state index < -0.39 is 0 Å². The summed E-state index contributed by atoms with van der Waals surface area (Å²) < 4.78 is 10.3. The standard InChI is InChI=1S/C10H22N2O2/c1-12(7-9(11)8-13-2)10-3-5-14-6-4-10/h9-10H,3-8,11H2,1-2H3. The van der Waals surface area contributed by atoms with Crippen LogP contribution < -0.4 is 5.73 Å². The van der Waals surface area contributed by atoms with Gasteiger partial charge in [0.1, 0.15) is 0 Å².